The van der Waals surface area contributed by atoms with Crippen LogP contribution < -0.4 is 0 Å². The van der Waals surface area contributed by atoms with Crippen molar-refractivity contribution in [1.29, 1.82) is 0 Å². The largest absolute Gasteiger partial charge is 0.507 e. The molecular weight excluding hydrogens is 504 g/mol. The van der Waals surface area contributed by atoms with Gasteiger partial charge in [0, 0.05) is 22.8 Å². The lowest BCUT2D eigenvalue weighted by atomic mass is 9.76. The highest BCUT2D eigenvalue weighted by Crippen LogP contribution is 2.42. The van der Waals surface area contributed by atoms with Crippen LogP contribution in [0.1, 0.15) is 41.7 Å². The van der Waals surface area contributed by atoms with Crippen molar-refractivity contribution in [3.8, 4) is 16.9 Å². The van der Waals surface area contributed by atoms with Gasteiger partial charge in [0.15, 0.2) is 0 Å². The maximum absolute atomic E-state index is 13.3. The predicted molar refractivity (Wildman–Crippen MR) is 136 cm³/mol. The van der Waals surface area contributed by atoms with Crippen molar-refractivity contribution in [3.63, 3.8) is 0 Å². The first kappa shape index (κ1) is 27.0. The Morgan fingerprint density at radius 3 is 1.71 bits per heavy atom. The molecule has 0 heterocycles. The highest BCUT2D eigenvalue weighted by molar-refractivity contribution is 5.95. The molecule has 8 heteroatoms. The summed E-state index contributed by atoms with van der Waals surface area (Å²) in [6, 6.07) is 22.9. The predicted octanol–water partition coefficient (Wildman–Crippen LogP) is 9.17. The highest BCUT2D eigenvalue weighted by atomic mass is 19.4. The number of halogens is 6. The van der Waals surface area contributed by atoms with E-state index in [1.165, 1.54) is 0 Å². The Labute approximate surface area is 215 Å². The Kier molecular flexibility index (Phi) is 7.10. The summed E-state index contributed by atoms with van der Waals surface area (Å²) >= 11 is 0. The highest BCUT2D eigenvalue weighted by Gasteiger charge is 2.37. The lowest BCUT2D eigenvalue weighted by Crippen LogP contribution is -2.19. The molecule has 1 N–H and O–H groups in total. The van der Waals surface area contributed by atoms with E-state index in [-0.39, 0.29) is 17.4 Å². The molecule has 0 spiro atoms. The molecule has 0 aliphatic carbocycles. The Hall–Kier alpha value is -4.07. The monoisotopic (exact) mass is 527 g/mol. The third-order valence-electron chi connectivity index (χ3n) is 6.39. The molecule has 38 heavy (non-hydrogen) atoms. The summed E-state index contributed by atoms with van der Waals surface area (Å²) in [5, 5.41) is 11.4. The fraction of sp³-hybridized carbons (Fsp3) is 0.167. The van der Waals surface area contributed by atoms with E-state index in [9.17, 15) is 31.4 Å². The molecule has 0 aromatic heterocycles. The number of phenols is 1. The first-order chi connectivity index (χ1) is 17.8. The number of hydrogen-bond acceptors (Lipinski definition) is 2. The molecule has 4 aromatic rings. The molecular formula is C30H23F6NO. The summed E-state index contributed by atoms with van der Waals surface area (Å²) in [7, 11) is 0. The van der Waals surface area contributed by atoms with Gasteiger partial charge in [-0.2, -0.15) is 26.3 Å². The van der Waals surface area contributed by atoms with Crippen molar-refractivity contribution < 1.29 is 31.4 Å². The van der Waals surface area contributed by atoms with Crippen LogP contribution in [0.3, 0.4) is 0 Å². The number of alkyl halides is 6. The van der Waals surface area contributed by atoms with E-state index in [1.807, 2.05) is 44.2 Å². The van der Waals surface area contributed by atoms with Crippen LogP contribution in [0, 0.1) is 0 Å². The van der Waals surface area contributed by atoms with Gasteiger partial charge in [-0.05, 0) is 34.9 Å². The SMILES string of the molecule is CC(C)(c1ccccc1)c1ccc(-c2ccccc2)c(C=Nc2cc(C(F)(F)F)cc(C(F)(F)F)c2)c1O. The number of nitrogens with zero attached hydrogens (tertiary/aromatic N) is 1. The fourth-order valence-electron chi connectivity index (χ4n) is 4.27. The second kappa shape index (κ2) is 10.0. The summed E-state index contributed by atoms with van der Waals surface area (Å²) in [5.41, 5.74) is -1.36. The van der Waals surface area contributed by atoms with Crippen LogP contribution in [0.25, 0.3) is 11.1 Å². The van der Waals surface area contributed by atoms with Crippen LogP contribution in [0.5, 0.6) is 5.75 Å². The molecule has 0 atom stereocenters. The van der Waals surface area contributed by atoms with Crippen LogP contribution in [0.4, 0.5) is 32.0 Å². The van der Waals surface area contributed by atoms with Gasteiger partial charge in [0.25, 0.3) is 0 Å². The summed E-state index contributed by atoms with van der Waals surface area (Å²) in [4.78, 5) is 3.98. The Balaban J connectivity index is 1.91. The molecule has 0 saturated carbocycles. The Morgan fingerprint density at radius 2 is 1.18 bits per heavy atom. The average molecular weight is 528 g/mol. The molecule has 0 aliphatic heterocycles. The van der Waals surface area contributed by atoms with Crippen molar-refractivity contribution in [2.24, 2.45) is 4.99 Å². The normalized spacial score (nSPS) is 12.7. The van der Waals surface area contributed by atoms with E-state index in [4.69, 9.17) is 0 Å². The van der Waals surface area contributed by atoms with Gasteiger partial charge < -0.3 is 5.11 Å². The molecule has 0 amide bonds. The van der Waals surface area contributed by atoms with Gasteiger partial charge >= 0.3 is 12.4 Å². The van der Waals surface area contributed by atoms with E-state index < -0.39 is 34.6 Å². The molecule has 4 aromatic carbocycles. The van der Waals surface area contributed by atoms with Crippen molar-refractivity contribution in [2.75, 3.05) is 0 Å². The van der Waals surface area contributed by atoms with Gasteiger partial charge in [-0.25, -0.2) is 0 Å². The van der Waals surface area contributed by atoms with Crippen LogP contribution in [0.2, 0.25) is 0 Å². The quantitative estimate of drug-likeness (QED) is 0.204. The summed E-state index contributed by atoms with van der Waals surface area (Å²) in [5.74, 6) is -0.174. The summed E-state index contributed by atoms with van der Waals surface area (Å²) < 4.78 is 80.0. The zero-order valence-electron chi connectivity index (χ0n) is 20.4. The number of aliphatic imine (C=N–C) groups is 1. The molecule has 196 valence electrons. The topological polar surface area (TPSA) is 32.6 Å². The van der Waals surface area contributed by atoms with E-state index >= 15 is 0 Å². The van der Waals surface area contributed by atoms with Gasteiger partial charge in [-0.3, -0.25) is 4.99 Å². The molecule has 0 bridgehead atoms. The van der Waals surface area contributed by atoms with Crippen LogP contribution >= 0.6 is 0 Å². The minimum Gasteiger partial charge on any atom is -0.507 e. The number of benzene rings is 4. The molecule has 4 rings (SSSR count). The molecule has 0 unspecified atom stereocenters. The number of hydrogen-bond donors (Lipinski definition) is 1. The van der Waals surface area contributed by atoms with Crippen LogP contribution in [0.15, 0.2) is 96.0 Å². The lowest BCUT2D eigenvalue weighted by molar-refractivity contribution is -0.143. The van der Waals surface area contributed by atoms with Crippen LogP contribution in [-0.4, -0.2) is 11.3 Å². The maximum atomic E-state index is 13.3. The minimum atomic E-state index is -5.00. The second-order valence-electron chi connectivity index (χ2n) is 9.30. The smallest absolute Gasteiger partial charge is 0.416 e. The van der Waals surface area contributed by atoms with Crippen molar-refractivity contribution >= 4 is 11.9 Å². The summed E-state index contributed by atoms with van der Waals surface area (Å²) in [6.07, 6.45) is -8.89. The van der Waals surface area contributed by atoms with Crippen molar-refractivity contribution in [1.82, 2.24) is 0 Å². The van der Waals surface area contributed by atoms with Crippen molar-refractivity contribution in [2.45, 2.75) is 31.6 Å². The Bertz CT molecular complexity index is 1420. The number of rotatable bonds is 5. The zero-order chi connectivity index (χ0) is 27.7. The van der Waals surface area contributed by atoms with E-state index in [0.717, 1.165) is 11.8 Å². The Morgan fingerprint density at radius 1 is 0.658 bits per heavy atom. The van der Waals surface area contributed by atoms with Gasteiger partial charge in [0.05, 0.1) is 16.8 Å². The molecule has 0 fully saturated rings. The van der Waals surface area contributed by atoms with E-state index in [0.29, 0.717) is 28.8 Å². The van der Waals surface area contributed by atoms with Gasteiger partial charge in [0.1, 0.15) is 5.75 Å². The average Bonchev–Trinajstić information content (AvgIpc) is 2.87. The minimum absolute atomic E-state index is 0.0505. The van der Waals surface area contributed by atoms with E-state index in [1.54, 1.807) is 42.5 Å². The summed E-state index contributed by atoms with van der Waals surface area (Å²) in [6.45, 7) is 3.81. The van der Waals surface area contributed by atoms with Crippen LogP contribution in [-0.2, 0) is 17.8 Å². The van der Waals surface area contributed by atoms with Crippen molar-refractivity contribution in [3.05, 3.63) is 119 Å². The molecule has 2 nitrogen and oxygen atoms in total. The second-order valence-corrected chi connectivity index (χ2v) is 9.30. The standard InChI is InChI=1S/C30H23F6NO/c1-28(2,20-11-7-4-8-12-20)26-14-13-24(19-9-5-3-6-10-19)25(27(26)38)18-37-23-16-21(29(31,32)33)15-22(17-23)30(34,35)36/h3-18,38H,1-2H3. The fourth-order valence-corrected chi connectivity index (χ4v) is 4.27. The molecule has 0 radical (unpaired) electrons. The maximum Gasteiger partial charge on any atom is 0.416 e. The third-order valence-corrected chi connectivity index (χ3v) is 6.39. The zero-order valence-corrected chi connectivity index (χ0v) is 20.4. The molecule has 0 saturated heterocycles. The lowest BCUT2D eigenvalue weighted by Gasteiger charge is -2.28. The third kappa shape index (κ3) is 5.59. The first-order valence-corrected chi connectivity index (χ1v) is 11.6. The number of phenolic OH excluding ortho intramolecular Hbond substituents is 1. The van der Waals surface area contributed by atoms with Gasteiger partial charge in [-0.15, -0.1) is 0 Å². The van der Waals surface area contributed by atoms with Gasteiger partial charge in [-0.1, -0.05) is 86.6 Å². The number of aromatic hydroxyl groups is 1. The van der Waals surface area contributed by atoms with Gasteiger partial charge in [0.2, 0.25) is 0 Å². The molecule has 0 aliphatic rings. The van der Waals surface area contributed by atoms with E-state index in [2.05, 4.69) is 4.99 Å². The first-order valence-electron chi connectivity index (χ1n) is 11.6.